The van der Waals surface area contributed by atoms with Crippen LogP contribution in [0.3, 0.4) is 0 Å². The van der Waals surface area contributed by atoms with Crippen molar-refractivity contribution >= 4 is 33.7 Å². The van der Waals surface area contributed by atoms with Gasteiger partial charge in [0.2, 0.25) is 0 Å². The summed E-state index contributed by atoms with van der Waals surface area (Å²) in [6.45, 7) is 4.29. The minimum absolute atomic E-state index is 0.0591. The van der Waals surface area contributed by atoms with Gasteiger partial charge in [0.1, 0.15) is 11.0 Å². The van der Waals surface area contributed by atoms with E-state index >= 15 is 0 Å². The SMILES string of the molecule is Cc1c(CNN=CC(=O)O)sc2c1c(=O)n(C(C)C)c(=O)n2CCC(F)(F)F. The number of carboxylic acids is 1. The summed E-state index contributed by atoms with van der Waals surface area (Å²) in [5.41, 5.74) is 1.66. The number of carboxylic acid groups (broad SMARTS) is 1. The number of hydrazone groups is 1. The number of nitrogens with zero attached hydrogens (tertiary/aromatic N) is 3. The van der Waals surface area contributed by atoms with E-state index < -0.39 is 42.4 Å². The van der Waals surface area contributed by atoms with Gasteiger partial charge in [-0.05, 0) is 26.3 Å². The molecular formula is C16H19F3N4O4S. The Morgan fingerprint density at radius 3 is 2.54 bits per heavy atom. The molecule has 0 radical (unpaired) electrons. The summed E-state index contributed by atoms with van der Waals surface area (Å²) >= 11 is 1.01. The number of carbonyl (C=O) groups is 1. The Morgan fingerprint density at radius 1 is 1.36 bits per heavy atom. The van der Waals surface area contributed by atoms with Crippen molar-refractivity contribution in [3.63, 3.8) is 0 Å². The van der Waals surface area contributed by atoms with Gasteiger partial charge in [-0.15, -0.1) is 11.3 Å². The molecule has 2 aromatic heterocycles. The highest BCUT2D eigenvalue weighted by Gasteiger charge is 2.29. The van der Waals surface area contributed by atoms with Crippen LogP contribution < -0.4 is 16.7 Å². The molecule has 8 nitrogen and oxygen atoms in total. The van der Waals surface area contributed by atoms with Crippen LogP contribution in [0.15, 0.2) is 14.7 Å². The molecule has 0 fully saturated rings. The average Bonchev–Trinajstić information content (AvgIpc) is 2.86. The third-order valence-corrected chi connectivity index (χ3v) is 5.30. The van der Waals surface area contributed by atoms with Crippen LogP contribution in [0.4, 0.5) is 13.2 Å². The molecule has 0 unspecified atom stereocenters. The van der Waals surface area contributed by atoms with Crippen LogP contribution in [0.2, 0.25) is 0 Å². The predicted molar refractivity (Wildman–Crippen MR) is 99.1 cm³/mol. The van der Waals surface area contributed by atoms with Gasteiger partial charge in [0, 0.05) is 17.5 Å². The number of alkyl halides is 3. The monoisotopic (exact) mass is 420 g/mol. The standard InChI is InChI=1S/C16H19F3N4O4S/c1-8(2)23-13(26)12-9(3)10(6-20-21-7-11(24)25)28-14(12)22(15(23)27)5-4-16(17,18)19/h7-8,20H,4-6H2,1-3H3,(H,24,25). The van der Waals surface area contributed by atoms with Crippen molar-refractivity contribution in [1.82, 2.24) is 14.6 Å². The summed E-state index contributed by atoms with van der Waals surface area (Å²) in [6, 6.07) is -0.525. The first kappa shape index (κ1) is 21.7. The fourth-order valence-corrected chi connectivity index (χ4v) is 3.94. The van der Waals surface area contributed by atoms with Gasteiger partial charge < -0.3 is 10.5 Å². The largest absolute Gasteiger partial charge is 0.477 e. The highest BCUT2D eigenvalue weighted by molar-refractivity contribution is 7.18. The molecule has 2 rings (SSSR count). The van der Waals surface area contributed by atoms with Crippen LogP contribution in [-0.2, 0) is 17.9 Å². The van der Waals surface area contributed by atoms with Crippen LogP contribution >= 0.6 is 11.3 Å². The Balaban J connectivity index is 2.62. The molecule has 0 saturated carbocycles. The molecule has 2 aromatic rings. The fraction of sp³-hybridized carbons (Fsp3) is 0.500. The molecular weight excluding hydrogens is 401 g/mol. The van der Waals surface area contributed by atoms with Crippen LogP contribution in [0.5, 0.6) is 0 Å². The van der Waals surface area contributed by atoms with Crippen molar-refractivity contribution in [2.75, 3.05) is 0 Å². The Hall–Kier alpha value is -2.63. The van der Waals surface area contributed by atoms with Crippen molar-refractivity contribution in [3.05, 3.63) is 31.3 Å². The molecule has 154 valence electrons. The molecule has 0 aromatic carbocycles. The van der Waals surface area contributed by atoms with Crippen molar-refractivity contribution in [2.24, 2.45) is 5.10 Å². The number of aryl methyl sites for hydroxylation is 2. The van der Waals surface area contributed by atoms with Crippen molar-refractivity contribution in [2.45, 2.75) is 52.5 Å². The second-order valence-corrected chi connectivity index (χ2v) is 7.41. The smallest absolute Gasteiger partial charge is 0.390 e. The number of halogens is 3. The van der Waals surface area contributed by atoms with Gasteiger partial charge in [0.05, 0.1) is 18.4 Å². The van der Waals surface area contributed by atoms with Crippen LogP contribution in [0.25, 0.3) is 10.2 Å². The van der Waals surface area contributed by atoms with Gasteiger partial charge >= 0.3 is 17.8 Å². The van der Waals surface area contributed by atoms with E-state index in [0.29, 0.717) is 16.7 Å². The maximum absolute atomic E-state index is 12.8. The van der Waals surface area contributed by atoms with Gasteiger partial charge in [0.25, 0.3) is 5.56 Å². The Morgan fingerprint density at radius 2 is 2.00 bits per heavy atom. The number of hydrogen-bond acceptors (Lipinski definition) is 6. The van der Waals surface area contributed by atoms with Crippen LogP contribution in [-0.4, -0.2) is 32.6 Å². The quantitative estimate of drug-likeness (QED) is 0.528. The summed E-state index contributed by atoms with van der Waals surface area (Å²) in [4.78, 5) is 36.6. The molecule has 0 saturated heterocycles. The normalized spacial score (nSPS) is 12.4. The summed E-state index contributed by atoms with van der Waals surface area (Å²) in [5.74, 6) is -1.25. The van der Waals surface area contributed by atoms with Gasteiger partial charge in [0.15, 0.2) is 0 Å². The van der Waals surface area contributed by atoms with E-state index in [2.05, 4.69) is 10.5 Å². The van der Waals surface area contributed by atoms with E-state index in [1.165, 1.54) is 0 Å². The van der Waals surface area contributed by atoms with Gasteiger partial charge in [-0.3, -0.25) is 13.9 Å². The van der Waals surface area contributed by atoms with E-state index in [1.54, 1.807) is 20.8 Å². The highest BCUT2D eigenvalue weighted by atomic mass is 32.1. The maximum atomic E-state index is 12.8. The van der Waals surface area contributed by atoms with Gasteiger partial charge in [-0.25, -0.2) is 9.59 Å². The Kier molecular flexibility index (Phi) is 6.32. The molecule has 0 aliphatic heterocycles. The van der Waals surface area contributed by atoms with E-state index in [9.17, 15) is 27.6 Å². The highest BCUT2D eigenvalue weighted by Crippen LogP contribution is 2.29. The lowest BCUT2D eigenvalue weighted by Gasteiger charge is -2.15. The molecule has 0 spiro atoms. The molecule has 28 heavy (non-hydrogen) atoms. The summed E-state index contributed by atoms with van der Waals surface area (Å²) < 4.78 is 40.1. The second kappa shape index (κ2) is 8.17. The first-order valence-electron chi connectivity index (χ1n) is 8.27. The lowest BCUT2D eigenvalue weighted by atomic mass is 10.2. The first-order valence-corrected chi connectivity index (χ1v) is 9.08. The van der Waals surface area contributed by atoms with E-state index in [4.69, 9.17) is 5.11 Å². The minimum atomic E-state index is -4.45. The summed E-state index contributed by atoms with van der Waals surface area (Å²) in [5, 5.41) is 12.2. The molecule has 0 bridgehead atoms. The summed E-state index contributed by atoms with van der Waals surface area (Å²) in [7, 11) is 0. The first-order chi connectivity index (χ1) is 12.9. The molecule has 2 heterocycles. The van der Waals surface area contributed by atoms with Crippen molar-refractivity contribution in [1.29, 1.82) is 0 Å². The predicted octanol–water partition coefficient (Wildman–Crippen LogP) is 2.23. The zero-order valence-corrected chi connectivity index (χ0v) is 16.1. The fourth-order valence-electron chi connectivity index (χ4n) is 2.69. The zero-order chi connectivity index (χ0) is 21.2. The zero-order valence-electron chi connectivity index (χ0n) is 15.3. The Bertz CT molecular complexity index is 1030. The lowest BCUT2D eigenvalue weighted by molar-refractivity contribution is -0.136. The third-order valence-electron chi connectivity index (χ3n) is 3.98. The number of thiophene rings is 1. The van der Waals surface area contributed by atoms with Crippen LogP contribution in [0, 0.1) is 6.92 Å². The molecule has 0 aliphatic carbocycles. The topological polar surface area (TPSA) is 106 Å². The second-order valence-electron chi connectivity index (χ2n) is 6.33. The van der Waals surface area contributed by atoms with E-state index in [-0.39, 0.29) is 16.8 Å². The molecule has 12 heteroatoms. The van der Waals surface area contributed by atoms with Crippen LogP contribution in [0.1, 0.15) is 36.8 Å². The number of hydrogen-bond donors (Lipinski definition) is 2. The lowest BCUT2D eigenvalue weighted by Crippen LogP contribution is -2.41. The number of aliphatic carboxylic acids is 1. The summed E-state index contributed by atoms with van der Waals surface area (Å²) in [6.07, 6.45) is -5.01. The maximum Gasteiger partial charge on any atom is 0.390 e. The number of nitrogens with one attached hydrogen (secondary N) is 1. The molecule has 2 N–H and O–H groups in total. The van der Waals surface area contributed by atoms with Gasteiger partial charge in [-0.1, -0.05) is 0 Å². The third kappa shape index (κ3) is 4.61. The minimum Gasteiger partial charge on any atom is -0.477 e. The van der Waals surface area contributed by atoms with Crippen molar-refractivity contribution in [3.8, 4) is 0 Å². The molecule has 0 aliphatic rings. The molecule has 0 atom stereocenters. The molecule has 0 amide bonds. The number of rotatable bonds is 7. The van der Waals surface area contributed by atoms with E-state index in [1.807, 2.05) is 0 Å². The Labute approximate surface area is 160 Å². The van der Waals surface area contributed by atoms with Crippen molar-refractivity contribution < 1.29 is 23.1 Å². The average molecular weight is 420 g/mol. The van der Waals surface area contributed by atoms with Gasteiger partial charge in [-0.2, -0.15) is 18.3 Å². The number of fused-ring (bicyclic) bond motifs is 1. The number of aromatic nitrogens is 2. The van der Waals surface area contributed by atoms with E-state index in [0.717, 1.165) is 20.5 Å².